The molecule has 7 rings (SSSR count). The molecule has 0 spiro atoms. The molecule has 0 radical (unpaired) electrons. The van der Waals surface area contributed by atoms with Crippen molar-refractivity contribution >= 4 is 28.3 Å². The van der Waals surface area contributed by atoms with Crippen LogP contribution in [0.4, 0.5) is 9.52 Å². The van der Waals surface area contributed by atoms with Crippen LogP contribution < -0.4 is 25.0 Å². The van der Waals surface area contributed by atoms with Crippen LogP contribution >= 0.6 is 11.3 Å². The van der Waals surface area contributed by atoms with E-state index in [2.05, 4.69) is 20.8 Å². The molecule has 11 heteroatoms. The zero-order chi connectivity index (χ0) is 27.6. The number of amides is 2. The number of anilines is 1. The number of nitrogens with zero attached hydrogens (tertiary/aromatic N) is 3. The van der Waals surface area contributed by atoms with Gasteiger partial charge in [-0.15, -0.1) is 10.2 Å². The van der Waals surface area contributed by atoms with Crippen LogP contribution in [0, 0.1) is 12.7 Å². The van der Waals surface area contributed by atoms with Crippen LogP contribution in [0.15, 0.2) is 66.7 Å². The summed E-state index contributed by atoms with van der Waals surface area (Å²) in [6, 6.07) is 18.4. The van der Waals surface area contributed by atoms with Gasteiger partial charge in [-0.1, -0.05) is 41.7 Å². The topological polar surface area (TPSA) is 106 Å². The molecule has 1 fully saturated rings. The van der Waals surface area contributed by atoms with Gasteiger partial charge in [0, 0.05) is 13.1 Å². The van der Waals surface area contributed by atoms with Crippen molar-refractivity contribution in [3.8, 4) is 22.6 Å². The number of carbonyl (C=O) groups excluding carboxylic acids is 2. The number of halogens is 1. The summed E-state index contributed by atoms with van der Waals surface area (Å²) in [5.41, 5.74) is 2.18. The summed E-state index contributed by atoms with van der Waals surface area (Å²) >= 11 is 1.46. The molecular weight excluding hydrogens is 533 g/mol. The smallest absolute Gasteiger partial charge is 0.258 e. The first-order valence-electron chi connectivity index (χ1n) is 12.8. The third kappa shape index (κ3) is 5.59. The van der Waals surface area contributed by atoms with Crippen molar-refractivity contribution in [3.63, 3.8) is 0 Å². The van der Waals surface area contributed by atoms with Crippen LogP contribution in [-0.2, 0) is 11.3 Å². The average Bonchev–Trinajstić information content (AvgIpc) is 3.57. The fourth-order valence-electron chi connectivity index (χ4n) is 4.75. The van der Waals surface area contributed by atoms with Crippen LogP contribution in [0.25, 0.3) is 11.1 Å². The van der Waals surface area contributed by atoms with Crippen LogP contribution in [0.1, 0.15) is 20.9 Å². The van der Waals surface area contributed by atoms with Crippen molar-refractivity contribution in [2.45, 2.75) is 25.6 Å². The fraction of sp³-hybridized carbons (Fsp3) is 0.241. The molecule has 0 aliphatic carbocycles. The highest BCUT2D eigenvalue weighted by Gasteiger charge is 2.37. The van der Waals surface area contributed by atoms with E-state index in [0.717, 1.165) is 21.3 Å². The van der Waals surface area contributed by atoms with E-state index in [1.807, 2.05) is 42.2 Å². The minimum atomic E-state index is -0.630. The number of aryl methyl sites for hydroxylation is 1. The van der Waals surface area contributed by atoms with Gasteiger partial charge >= 0.3 is 0 Å². The summed E-state index contributed by atoms with van der Waals surface area (Å²) in [5, 5.41) is 15.8. The van der Waals surface area contributed by atoms with E-state index in [1.165, 1.54) is 23.5 Å². The molecule has 3 aliphatic rings. The quantitative estimate of drug-likeness (QED) is 0.366. The minimum absolute atomic E-state index is 0.0779. The monoisotopic (exact) mass is 559 g/mol. The Morgan fingerprint density at radius 3 is 2.60 bits per heavy atom. The summed E-state index contributed by atoms with van der Waals surface area (Å²) in [5.74, 6) is -0.336. The summed E-state index contributed by atoms with van der Waals surface area (Å²) in [6.07, 6.45) is -0.427. The van der Waals surface area contributed by atoms with E-state index in [1.54, 1.807) is 24.3 Å². The fourth-order valence-corrected chi connectivity index (χ4v) is 5.46. The molecule has 0 unspecified atom stereocenters. The summed E-state index contributed by atoms with van der Waals surface area (Å²) < 4.78 is 26.9. The average molecular weight is 560 g/mol. The van der Waals surface area contributed by atoms with E-state index >= 15 is 0 Å². The third-order valence-corrected chi connectivity index (χ3v) is 7.72. The molecule has 4 heterocycles. The van der Waals surface area contributed by atoms with Gasteiger partial charge in [0.05, 0.1) is 18.2 Å². The van der Waals surface area contributed by atoms with Gasteiger partial charge in [0.1, 0.15) is 28.4 Å². The molecule has 1 aromatic heterocycles. The Balaban J connectivity index is 1.34. The van der Waals surface area contributed by atoms with Gasteiger partial charge in [-0.05, 0) is 60.0 Å². The Bertz CT molecular complexity index is 1560. The second-order valence-corrected chi connectivity index (χ2v) is 10.8. The van der Waals surface area contributed by atoms with Gasteiger partial charge in [0.25, 0.3) is 11.8 Å². The van der Waals surface area contributed by atoms with Crippen molar-refractivity contribution in [2.24, 2.45) is 0 Å². The molecule has 204 valence electrons. The zero-order valence-corrected chi connectivity index (χ0v) is 22.4. The molecule has 0 saturated carbocycles. The summed E-state index contributed by atoms with van der Waals surface area (Å²) in [7, 11) is 0. The zero-order valence-electron chi connectivity index (χ0n) is 21.6. The first-order chi connectivity index (χ1) is 19.4. The van der Waals surface area contributed by atoms with Crippen molar-refractivity contribution in [2.75, 3.05) is 24.6 Å². The van der Waals surface area contributed by atoms with E-state index in [-0.39, 0.29) is 18.1 Å². The number of benzene rings is 3. The van der Waals surface area contributed by atoms with Crippen LogP contribution in [0.3, 0.4) is 0 Å². The van der Waals surface area contributed by atoms with Crippen LogP contribution in [0.5, 0.6) is 11.5 Å². The number of nitrogens with one attached hydrogen (secondary N) is 2. The number of carbonyl (C=O) groups is 2. The first-order valence-corrected chi connectivity index (χ1v) is 13.6. The predicted octanol–water partition coefficient (Wildman–Crippen LogP) is 3.73. The molecule has 6 bridgehead atoms. The molecule has 2 atom stereocenters. The lowest BCUT2D eigenvalue weighted by molar-refractivity contribution is -0.123. The molecule has 4 aromatic rings. The number of ether oxygens (including phenoxy) is 2. The lowest BCUT2D eigenvalue weighted by Crippen LogP contribution is -2.45. The second kappa shape index (κ2) is 10.9. The number of hydrogen-bond donors (Lipinski definition) is 2. The van der Waals surface area contributed by atoms with Gasteiger partial charge in [0.2, 0.25) is 5.13 Å². The van der Waals surface area contributed by atoms with Crippen molar-refractivity contribution in [1.29, 1.82) is 0 Å². The number of hydrogen-bond acceptors (Lipinski definition) is 8. The van der Waals surface area contributed by atoms with Gasteiger partial charge in [-0.2, -0.15) is 0 Å². The minimum Gasteiger partial charge on any atom is -0.486 e. The molecule has 9 nitrogen and oxygen atoms in total. The summed E-state index contributed by atoms with van der Waals surface area (Å²) in [4.78, 5) is 27.8. The predicted molar refractivity (Wildman–Crippen MR) is 148 cm³/mol. The van der Waals surface area contributed by atoms with Crippen LogP contribution in [0.2, 0.25) is 0 Å². The Morgan fingerprint density at radius 2 is 1.80 bits per heavy atom. The third-order valence-electron chi connectivity index (χ3n) is 6.82. The van der Waals surface area contributed by atoms with Gasteiger partial charge in [-0.25, -0.2) is 4.39 Å². The number of fused-ring (bicyclic) bond motifs is 7. The van der Waals surface area contributed by atoms with Gasteiger partial charge in [-0.3, -0.25) is 9.59 Å². The van der Waals surface area contributed by atoms with Crippen molar-refractivity contribution in [1.82, 2.24) is 20.8 Å². The largest absolute Gasteiger partial charge is 0.486 e. The van der Waals surface area contributed by atoms with E-state index in [0.29, 0.717) is 36.7 Å². The highest BCUT2D eigenvalue weighted by molar-refractivity contribution is 7.15. The maximum Gasteiger partial charge on any atom is 0.258 e. The molecule has 1 saturated heterocycles. The Kier molecular flexibility index (Phi) is 7.04. The molecule has 40 heavy (non-hydrogen) atoms. The van der Waals surface area contributed by atoms with Crippen molar-refractivity contribution < 1.29 is 23.5 Å². The highest BCUT2D eigenvalue weighted by Crippen LogP contribution is 2.29. The Labute approximate surface area is 233 Å². The molecule has 3 aliphatic heterocycles. The van der Waals surface area contributed by atoms with E-state index in [4.69, 9.17) is 9.47 Å². The number of aromatic nitrogens is 2. The highest BCUT2D eigenvalue weighted by atomic mass is 32.1. The molecule has 3 aromatic carbocycles. The first kappa shape index (κ1) is 25.8. The maximum atomic E-state index is 14.9. The summed E-state index contributed by atoms with van der Waals surface area (Å²) in [6.45, 7) is 2.96. The SMILES string of the molecule is Cc1nnc(N2C[C@@H]3NC(=O)c4cc(ccc4F)-c4cccc(c4)OCC(=O)NCc4ccc(cc4)O[C@H]3C2)s1. The van der Waals surface area contributed by atoms with E-state index in [9.17, 15) is 14.0 Å². The van der Waals surface area contributed by atoms with Crippen LogP contribution in [-0.4, -0.2) is 53.9 Å². The number of rotatable bonds is 1. The van der Waals surface area contributed by atoms with Gasteiger partial charge < -0.3 is 25.0 Å². The van der Waals surface area contributed by atoms with Crippen molar-refractivity contribution in [3.05, 3.63) is 88.7 Å². The lowest BCUT2D eigenvalue weighted by Gasteiger charge is -2.21. The molecular formula is C29H26FN5O4S. The van der Waals surface area contributed by atoms with E-state index < -0.39 is 23.9 Å². The standard InChI is InChI=1S/C29H26FN5O4S/c1-17-33-34-29(40-17)35-14-25-26(15-35)39-21-8-5-18(6-9-21)13-31-27(36)16-38-22-4-2-3-19(11-22)20-7-10-24(30)23(12-20)28(37)32-25/h2-12,25-26H,13-16H2,1H3,(H,31,36)(H,32,37)/t25-,26-/m0/s1. The normalized spacial score (nSPS) is 19.2. The second-order valence-electron chi connectivity index (χ2n) is 9.68. The maximum absolute atomic E-state index is 14.9. The lowest BCUT2D eigenvalue weighted by atomic mass is 10.0. The molecule has 2 amide bonds. The van der Waals surface area contributed by atoms with Gasteiger partial charge in [0.15, 0.2) is 6.61 Å². The molecule has 2 N–H and O–H groups in total. The Morgan fingerprint density at radius 1 is 0.975 bits per heavy atom. The Hall–Kier alpha value is -4.51.